The van der Waals surface area contributed by atoms with E-state index in [4.69, 9.17) is 4.74 Å². The van der Waals surface area contributed by atoms with Gasteiger partial charge in [0, 0.05) is 22.0 Å². The highest BCUT2D eigenvalue weighted by Gasteiger charge is 2.56. The Labute approximate surface area is 232 Å². The van der Waals surface area contributed by atoms with Crippen molar-refractivity contribution in [1.82, 2.24) is 4.98 Å². The fourth-order valence-electron chi connectivity index (χ4n) is 5.03. The number of nitrogens with one attached hydrogen (secondary N) is 2. The maximum Gasteiger partial charge on any atom is 0.305 e. The minimum atomic E-state index is -0.743. The number of para-hydroxylation sites is 2. The van der Waals surface area contributed by atoms with Gasteiger partial charge in [0.1, 0.15) is 11.0 Å². The van der Waals surface area contributed by atoms with Crippen LogP contribution in [0.4, 0.5) is 11.4 Å². The summed E-state index contributed by atoms with van der Waals surface area (Å²) in [4.78, 5) is 56.9. The number of H-pyrrole nitrogens is 1. The molecule has 10 heteroatoms. The van der Waals surface area contributed by atoms with Gasteiger partial charge in [-0.15, -0.1) is 0 Å². The van der Waals surface area contributed by atoms with Gasteiger partial charge >= 0.3 is 4.87 Å². The van der Waals surface area contributed by atoms with Crippen LogP contribution in [-0.4, -0.2) is 34.6 Å². The molecule has 0 bridgehead atoms. The van der Waals surface area contributed by atoms with Crippen LogP contribution in [0.5, 0.6) is 5.75 Å². The van der Waals surface area contributed by atoms with Crippen LogP contribution in [0.3, 0.4) is 0 Å². The van der Waals surface area contributed by atoms with Gasteiger partial charge in [0.15, 0.2) is 6.61 Å². The summed E-state index contributed by atoms with van der Waals surface area (Å²) in [6.45, 7) is 1.72. The quantitative estimate of drug-likeness (QED) is 0.337. The van der Waals surface area contributed by atoms with Crippen molar-refractivity contribution in [3.8, 4) is 5.75 Å². The van der Waals surface area contributed by atoms with Crippen LogP contribution in [0.15, 0.2) is 88.7 Å². The zero-order chi connectivity index (χ0) is 27.1. The van der Waals surface area contributed by atoms with Gasteiger partial charge < -0.3 is 15.0 Å². The number of hydrogen-bond acceptors (Lipinski definition) is 7. The molecule has 2 aliphatic rings. The number of fused-ring (bicyclic) bond motifs is 2. The molecule has 3 atom stereocenters. The lowest BCUT2D eigenvalue weighted by Gasteiger charge is -2.30. The van der Waals surface area contributed by atoms with E-state index in [1.807, 2.05) is 49.4 Å². The van der Waals surface area contributed by atoms with E-state index in [1.54, 1.807) is 36.4 Å². The van der Waals surface area contributed by atoms with Crippen molar-refractivity contribution >= 4 is 52.2 Å². The third kappa shape index (κ3) is 4.66. The van der Waals surface area contributed by atoms with Gasteiger partial charge in [-0.05, 0) is 37.3 Å². The Hall–Kier alpha value is -4.15. The van der Waals surface area contributed by atoms with Crippen molar-refractivity contribution < 1.29 is 19.1 Å². The average molecular weight is 558 g/mol. The zero-order valence-electron chi connectivity index (χ0n) is 20.7. The summed E-state index contributed by atoms with van der Waals surface area (Å²) in [5.74, 6) is -1.91. The number of carbonyl (C=O) groups excluding carboxylic acids is 3. The molecule has 0 saturated carbocycles. The molecule has 0 radical (unpaired) electrons. The Kier molecular flexibility index (Phi) is 6.58. The number of anilines is 2. The van der Waals surface area contributed by atoms with Crippen LogP contribution in [0.1, 0.15) is 21.9 Å². The molecule has 1 saturated heterocycles. The number of ether oxygens (including phenoxy) is 1. The highest BCUT2D eigenvalue weighted by atomic mass is 32.2. The van der Waals surface area contributed by atoms with E-state index in [2.05, 4.69) is 10.3 Å². The predicted molar refractivity (Wildman–Crippen MR) is 151 cm³/mol. The molecular formula is C29H23N3O5S2. The molecule has 2 unspecified atom stereocenters. The Morgan fingerprint density at radius 1 is 0.949 bits per heavy atom. The van der Waals surface area contributed by atoms with Crippen molar-refractivity contribution in [2.24, 2.45) is 5.92 Å². The number of benzene rings is 3. The van der Waals surface area contributed by atoms with Crippen molar-refractivity contribution in [2.75, 3.05) is 16.8 Å². The molecule has 3 aromatic carbocycles. The van der Waals surface area contributed by atoms with Crippen molar-refractivity contribution in [2.45, 2.75) is 23.1 Å². The number of carbonyl (C=O) groups is 3. The Balaban J connectivity index is 1.33. The molecule has 3 heterocycles. The number of aromatic nitrogens is 1. The Morgan fingerprint density at radius 2 is 1.67 bits per heavy atom. The van der Waals surface area contributed by atoms with Crippen LogP contribution >= 0.6 is 23.1 Å². The Morgan fingerprint density at radius 3 is 2.44 bits per heavy atom. The van der Waals surface area contributed by atoms with Crippen LogP contribution < -0.4 is 19.8 Å². The lowest BCUT2D eigenvalue weighted by Crippen LogP contribution is -2.32. The number of nitrogens with zero attached hydrogens (tertiary/aromatic N) is 1. The van der Waals surface area contributed by atoms with E-state index in [-0.39, 0.29) is 29.2 Å². The summed E-state index contributed by atoms with van der Waals surface area (Å²) in [5.41, 5.74) is 2.89. The van der Waals surface area contributed by atoms with Crippen LogP contribution in [0.25, 0.3) is 0 Å². The minimum Gasteiger partial charge on any atom is -0.483 e. The second-order valence-corrected chi connectivity index (χ2v) is 11.5. The number of hydrogen-bond donors (Lipinski definition) is 2. The van der Waals surface area contributed by atoms with E-state index in [1.165, 1.54) is 16.7 Å². The highest BCUT2D eigenvalue weighted by molar-refractivity contribution is 8.00. The molecule has 196 valence electrons. The third-order valence-electron chi connectivity index (χ3n) is 6.79. The highest BCUT2D eigenvalue weighted by Crippen LogP contribution is 2.54. The molecule has 39 heavy (non-hydrogen) atoms. The van der Waals surface area contributed by atoms with E-state index < -0.39 is 17.1 Å². The molecule has 1 fully saturated rings. The summed E-state index contributed by atoms with van der Waals surface area (Å²) >= 11 is 2.25. The predicted octanol–water partition coefficient (Wildman–Crippen LogP) is 4.56. The SMILES string of the molecule is Cc1ccc(NC(=O)COc2ccccc2[C@H]2c3sc(=O)[nH]c3SC3C(=O)N(c4ccccc4)C(=O)C32)cc1. The molecule has 2 N–H and O–H groups in total. The maximum atomic E-state index is 13.9. The molecule has 8 nitrogen and oxygen atoms in total. The molecule has 2 aliphatic heterocycles. The fourth-order valence-corrected chi connectivity index (χ4v) is 7.54. The first-order chi connectivity index (χ1) is 18.9. The van der Waals surface area contributed by atoms with Crippen LogP contribution in [-0.2, 0) is 14.4 Å². The smallest absolute Gasteiger partial charge is 0.305 e. The molecule has 4 aromatic rings. The first kappa shape index (κ1) is 25.1. The van der Waals surface area contributed by atoms with E-state index in [0.29, 0.717) is 32.6 Å². The lowest BCUT2D eigenvalue weighted by atomic mass is 9.82. The van der Waals surface area contributed by atoms with Crippen LogP contribution in [0, 0.1) is 12.8 Å². The summed E-state index contributed by atoms with van der Waals surface area (Å²) in [7, 11) is 0. The van der Waals surface area contributed by atoms with Gasteiger partial charge in [0.05, 0.1) is 16.6 Å². The number of thiazole rings is 1. The first-order valence-electron chi connectivity index (χ1n) is 12.3. The number of amides is 3. The fraction of sp³-hybridized carbons (Fsp3) is 0.172. The normalized spacial score (nSPS) is 19.9. The molecule has 1 aromatic heterocycles. The van der Waals surface area contributed by atoms with Gasteiger partial charge in [-0.2, -0.15) is 0 Å². The summed E-state index contributed by atoms with van der Waals surface area (Å²) in [6, 6.07) is 23.4. The summed E-state index contributed by atoms with van der Waals surface area (Å²) in [6.07, 6.45) is 0. The third-order valence-corrected chi connectivity index (χ3v) is 9.19. The van der Waals surface area contributed by atoms with Crippen molar-refractivity contribution in [3.05, 3.63) is 105 Å². The number of thioether (sulfide) groups is 1. The van der Waals surface area contributed by atoms with Gasteiger partial charge in [0.25, 0.3) is 5.91 Å². The van der Waals surface area contributed by atoms with Crippen LogP contribution in [0.2, 0.25) is 0 Å². The second-order valence-electron chi connectivity index (χ2n) is 9.34. The van der Waals surface area contributed by atoms with Crippen molar-refractivity contribution in [1.29, 1.82) is 0 Å². The number of imide groups is 1. The minimum absolute atomic E-state index is 0.250. The number of rotatable bonds is 6. The number of aromatic amines is 1. The monoisotopic (exact) mass is 557 g/mol. The standard InChI is InChI=1S/C29H23N3O5S2/c1-16-11-13-17(14-12-16)30-21(33)15-37-20-10-6-5-9-19(20)22-23-25(38-26-24(22)39-29(36)31-26)28(35)32(27(23)34)18-7-3-2-4-8-18/h2-14,22-23,25H,15H2,1H3,(H,30,33)(H,31,36)/t22-,23?,25?/m1/s1. The van der Waals surface area contributed by atoms with E-state index >= 15 is 0 Å². The van der Waals surface area contributed by atoms with Gasteiger partial charge in [-0.3, -0.25) is 19.2 Å². The van der Waals surface area contributed by atoms with E-state index in [0.717, 1.165) is 16.9 Å². The molecule has 0 spiro atoms. The van der Waals surface area contributed by atoms with Crippen molar-refractivity contribution in [3.63, 3.8) is 0 Å². The summed E-state index contributed by atoms with van der Waals surface area (Å²) < 4.78 is 5.98. The lowest BCUT2D eigenvalue weighted by molar-refractivity contribution is -0.122. The van der Waals surface area contributed by atoms with Gasteiger partial charge in [-0.1, -0.05) is 77.2 Å². The summed E-state index contributed by atoms with van der Waals surface area (Å²) in [5, 5.41) is 2.69. The van der Waals surface area contributed by atoms with Gasteiger partial charge in [0.2, 0.25) is 11.8 Å². The first-order valence-corrected chi connectivity index (χ1v) is 14.0. The Bertz CT molecular complexity index is 1630. The number of aryl methyl sites for hydroxylation is 1. The maximum absolute atomic E-state index is 13.9. The van der Waals surface area contributed by atoms with E-state index in [9.17, 15) is 19.2 Å². The topological polar surface area (TPSA) is 109 Å². The molecule has 6 rings (SSSR count). The molecule has 3 amide bonds. The zero-order valence-corrected chi connectivity index (χ0v) is 22.4. The largest absolute Gasteiger partial charge is 0.483 e. The molecule has 0 aliphatic carbocycles. The molecular weight excluding hydrogens is 534 g/mol. The van der Waals surface area contributed by atoms with Gasteiger partial charge in [-0.25, -0.2) is 4.90 Å². The second kappa shape index (κ2) is 10.2. The average Bonchev–Trinajstić information content (AvgIpc) is 3.43.